The van der Waals surface area contributed by atoms with Gasteiger partial charge in [-0.25, -0.2) is 9.59 Å². The predicted molar refractivity (Wildman–Crippen MR) is 167 cm³/mol. The van der Waals surface area contributed by atoms with Crippen LogP contribution >= 0.6 is 0 Å². The lowest BCUT2D eigenvalue weighted by molar-refractivity contribution is -0.139. The van der Waals surface area contributed by atoms with Gasteiger partial charge in [-0.05, 0) is 86.4 Å². The van der Waals surface area contributed by atoms with Gasteiger partial charge in [0, 0.05) is 30.1 Å². The first kappa shape index (κ1) is 29.9. The maximum absolute atomic E-state index is 12.6. The Labute approximate surface area is 252 Å². The van der Waals surface area contributed by atoms with Gasteiger partial charge in [-0.2, -0.15) is 0 Å². The number of ether oxygens (including phenoxy) is 2. The number of carbonyl (C=O) groups is 2. The third kappa shape index (κ3) is 6.16. The Morgan fingerprint density at radius 2 is 1.65 bits per heavy atom. The topological polar surface area (TPSA) is 133 Å². The standard InChI is InChI=1S/C34H40N4O5/c1-19-20(2)30-26(17-34(4,5)43-30)21(3)29(19)38-32(35)36-16-10-15-28(31(39)40)37-33(41)42-18-27-24-13-8-6-11-22(24)23-12-7-9-14-25(23)27/h6-9,11-14,27-28H,10,15-18H2,1-5H3,(H,37,41)(H,39,40)(H3,35,36,38). The van der Waals surface area contributed by atoms with Crippen molar-refractivity contribution < 1.29 is 24.2 Å². The molecule has 1 heterocycles. The van der Waals surface area contributed by atoms with E-state index in [2.05, 4.69) is 41.9 Å². The second-order valence-electron chi connectivity index (χ2n) is 12.0. The van der Waals surface area contributed by atoms with E-state index >= 15 is 0 Å². The minimum atomic E-state index is -1.13. The summed E-state index contributed by atoms with van der Waals surface area (Å²) in [7, 11) is 0. The van der Waals surface area contributed by atoms with Gasteiger partial charge in [-0.15, -0.1) is 0 Å². The fourth-order valence-corrected chi connectivity index (χ4v) is 6.19. The predicted octanol–water partition coefficient (Wildman–Crippen LogP) is 6.03. The average molecular weight is 585 g/mol. The van der Waals surface area contributed by atoms with Gasteiger partial charge in [0.2, 0.25) is 0 Å². The molecule has 226 valence electrons. The molecule has 0 saturated heterocycles. The maximum Gasteiger partial charge on any atom is 0.407 e. The number of rotatable bonds is 9. The van der Waals surface area contributed by atoms with E-state index in [0.717, 1.165) is 62.4 Å². The summed E-state index contributed by atoms with van der Waals surface area (Å²) in [5.41, 5.74) is 9.36. The van der Waals surface area contributed by atoms with Gasteiger partial charge >= 0.3 is 12.1 Å². The molecule has 0 aromatic heterocycles. The van der Waals surface area contributed by atoms with Crippen LogP contribution in [-0.2, 0) is 16.0 Å². The third-order valence-electron chi connectivity index (χ3n) is 8.52. The molecule has 0 bridgehead atoms. The van der Waals surface area contributed by atoms with Gasteiger partial charge in [0.25, 0.3) is 0 Å². The molecule has 1 aliphatic carbocycles. The van der Waals surface area contributed by atoms with Crippen molar-refractivity contribution in [2.24, 2.45) is 0 Å². The van der Waals surface area contributed by atoms with Crippen molar-refractivity contribution in [1.29, 1.82) is 5.41 Å². The van der Waals surface area contributed by atoms with Crippen LogP contribution in [-0.4, -0.2) is 47.9 Å². The molecule has 43 heavy (non-hydrogen) atoms. The summed E-state index contributed by atoms with van der Waals surface area (Å²) >= 11 is 0. The SMILES string of the molecule is Cc1c(C)c2c(c(C)c1NC(=N)NCCCC(NC(=O)OCC1c3ccccc3-c3ccccc31)C(=O)O)CC(C)(C)O2. The molecule has 1 atom stereocenters. The van der Waals surface area contributed by atoms with E-state index < -0.39 is 18.1 Å². The quantitative estimate of drug-likeness (QED) is 0.118. The Balaban J connectivity index is 1.11. The molecule has 5 rings (SSSR count). The number of nitrogens with one attached hydrogen (secondary N) is 4. The molecule has 0 saturated carbocycles. The zero-order valence-corrected chi connectivity index (χ0v) is 25.4. The number of hydrogen-bond acceptors (Lipinski definition) is 5. The van der Waals surface area contributed by atoms with Crippen molar-refractivity contribution >= 4 is 23.7 Å². The molecule has 0 fully saturated rings. The summed E-state index contributed by atoms with van der Waals surface area (Å²) in [6, 6.07) is 15.0. The summed E-state index contributed by atoms with van der Waals surface area (Å²) in [6.07, 6.45) is 0.649. The van der Waals surface area contributed by atoms with Crippen LogP contribution in [0, 0.1) is 26.2 Å². The minimum Gasteiger partial charge on any atom is -0.487 e. The normalized spacial score (nSPS) is 15.0. The summed E-state index contributed by atoms with van der Waals surface area (Å²) < 4.78 is 11.7. The molecule has 3 aromatic carbocycles. The number of alkyl carbamates (subject to hydrolysis) is 1. The average Bonchev–Trinajstić information content (AvgIpc) is 3.48. The largest absolute Gasteiger partial charge is 0.487 e. The number of carboxylic acid groups (broad SMARTS) is 1. The van der Waals surface area contributed by atoms with Crippen LogP contribution in [0.2, 0.25) is 0 Å². The van der Waals surface area contributed by atoms with Crippen molar-refractivity contribution in [1.82, 2.24) is 10.6 Å². The molecule has 2 aliphatic rings. The highest BCUT2D eigenvalue weighted by Crippen LogP contribution is 2.45. The minimum absolute atomic E-state index is 0.107. The molecule has 0 spiro atoms. The Morgan fingerprint density at radius 3 is 2.28 bits per heavy atom. The van der Waals surface area contributed by atoms with E-state index in [1.165, 1.54) is 0 Å². The summed E-state index contributed by atoms with van der Waals surface area (Å²) in [4.78, 5) is 24.5. The molecule has 9 nitrogen and oxygen atoms in total. The van der Waals surface area contributed by atoms with E-state index in [1.807, 2.05) is 57.2 Å². The third-order valence-corrected chi connectivity index (χ3v) is 8.52. The Bertz CT molecular complexity index is 1540. The fourth-order valence-electron chi connectivity index (χ4n) is 6.19. The lowest BCUT2D eigenvalue weighted by Crippen LogP contribution is -2.42. The molecular formula is C34H40N4O5. The highest BCUT2D eigenvalue weighted by atomic mass is 16.5. The number of aliphatic carboxylic acids is 1. The van der Waals surface area contributed by atoms with E-state index in [0.29, 0.717) is 13.0 Å². The molecule has 5 N–H and O–H groups in total. The lowest BCUT2D eigenvalue weighted by Gasteiger charge is -2.20. The first-order chi connectivity index (χ1) is 20.5. The smallest absolute Gasteiger partial charge is 0.407 e. The van der Waals surface area contributed by atoms with Crippen LogP contribution < -0.4 is 20.7 Å². The fraction of sp³-hybridized carbons (Fsp3) is 0.382. The maximum atomic E-state index is 12.6. The van der Waals surface area contributed by atoms with Crippen LogP contribution in [0.15, 0.2) is 48.5 Å². The van der Waals surface area contributed by atoms with Crippen LogP contribution in [0.25, 0.3) is 11.1 Å². The number of fused-ring (bicyclic) bond motifs is 4. The van der Waals surface area contributed by atoms with Crippen LogP contribution in [0.5, 0.6) is 5.75 Å². The van der Waals surface area contributed by atoms with Crippen molar-refractivity contribution in [2.75, 3.05) is 18.5 Å². The number of carbonyl (C=O) groups excluding carboxylic acids is 1. The first-order valence-electron chi connectivity index (χ1n) is 14.7. The van der Waals surface area contributed by atoms with Crippen LogP contribution in [0.3, 0.4) is 0 Å². The van der Waals surface area contributed by atoms with E-state index in [-0.39, 0.29) is 30.5 Å². The van der Waals surface area contributed by atoms with Crippen LogP contribution in [0.1, 0.15) is 66.0 Å². The number of guanidine groups is 1. The van der Waals surface area contributed by atoms with Crippen LogP contribution in [0.4, 0.5) is 10.5 Å². The molecule has 0 radical (unpaired) electrons. The van der Waals surface area contributed by atoms with Gasteiger partial charge < -0.3 is 30.5 Å². The van der Waals surface area contributed by atoms with E-state index in [1.54, 1.807) is 0 Å². The van der Waals surface area contributed by atoms with E-state index in [9.17, 15) is 14.7 Å². The van der Waals surface area contributed by atoms with Gasteiger partial charge in [0.05, 0.1) is 0 Å². The van der Waals surface area contributed by atoms with Gasteiger partial charge in [0.1, 0.15) is 24.0 Å². The van der Waals surface area contributed by atoms with Crippen molar-refractivity contribution in [3.63, 3.8) is 0 Å². The highest BCUT2D eigenvalue weighted by molar-refractivity contribution is 5.93. The van der Waals surface area contributed by atoms with Crippen molar-refractivity contribution in [3.8, 4) is 16.9 Å². The van der Waals surface area contributed by atoms with Crippen molar-refractivity contribution in [2.45, 2.75) is 71.4 Å². The molecule has 9 heteroatoms. The van der Waals surface area contributed by atoms with Crippen molar-refractivity contribution in [3.05, 3.63) is 81.9 Å². The Hall–Kier alpha value is -4.53. The first-order valence-corrected chi connectivity index (χ1v) is 14.7. The second kappa shape index (κ2) is 12.0. The Kier molecular flexibility index (Phi) is 8.35. The highest BCUT2D eigenvalue weighted by Gasteiger charge is 2.34. The molecule has 3 aromatic rings. The monoisotopic (exact) mass is 584 g/mol. The number of carboxylic acids is 1. The summed E-state index contributed by atoms with van der Waals surface area (Å²) in [6.45, 7) is 10.7. The zero-order chi connectivity index (χ0) is 30.9. The molecule has 1 aliphatic heterocycles. The number of amides is 1. The van der Waals surface area contributed by atoms with Gasteiger partial charge in [-0.1, -0.05) is 48.5 Å². The second-order valence-corrected chi connectivity index (χ2v) is 12.0. The molecule has 1 amide bonds. The van der Waals surface area contributed by atoms with Gasteiger partial charge in [0.15, 0.2) is 5.96 Å². The number of benzene rings is 3. The van der Waals surface area contributed by atoms with E-state index in [4.69, 9.17) is 14.9 Å². The summed E-state index contributed by atoms with van der Waals surface area (Å²) in [5.74, 6) is -0.176. The lowest BCUT2D eigenvalue weighted by atomic mass is 9.92. The number of hydrogen-bond donors (Lipinski definition) is 5. The zero-order valence-electron chi connectivity index (χ0n) is 25.4. The number of anilines is 1. The molecular weight excluding hydrogens is 544 g/mol. The molecule has 1 unspecified atom stereocenters. The Morgan fingerprint density at radius 1 is 1.02 bits per heavy atom. The summed E-state index contributed by atoms with van der Waals surface area (Å²) in [5, 5.41) is 26.8. The van der Waals surface area contributed by atoms with Gasteiger partial charge in [-0.3, -0.25) is 5.41 Å².